The van der Waals surface area contributed by atoms with Crippen LogP contribution < -0.4 is 4.90 Å². The van der Waals surface area contributed by atoms with Crippen LogP contribution in [0.25, 0.3) is 10.9 Å². The van der Waals surface area contributed by atoms with Crippen LogP contribution in [0.1, 0.15) is 54.4 Å². The van der Waals surface area contributed by atoms with E-state index in [4.69, 9.17) is 0 Å². The van der Waals surface area contributed by atoms with Crippen LogP contribution >= 0.6 is 0 Å². The molecule has 3 nitrogen and oxygen atoms in total. The molecular weight excluding hydrogens is 358 g/mol. The summed E-state index contributed by atoms with van der Waals surface area (Å²) < 4.78 is 2.76. The summed E-state index contributed by atoms with van der Waals surface area (Å²) >= 11 is 0. The molecule has 2 saturated heterocycles. The number of fused-ring (bicyclic) bond motifs is 2. The van der Waals surface area contributed by atoms with E-state index in [1.54, 1.807) is 0 Å². The molecular formula is C24H39N3Si. The topological polar surface area (TPSA) is 11.4 Å². The van der Waals surface area contributed by atoms with Crippen molar-refractivity contribution in [3.8, 4) is 0 Å². The van der Waals surface area contributed by atoms with Crippen molar-refractivity contribution < 1.29 is 0 Å². The predicted molar refractivity (Wildman–Crippen MR) is 125 cm³/mol. The Labute approximate surface area is 172 Å². The molecule has 0 saturated carbocycles. The van der Waals surface area contributed by atoms with Gasteiger partial charge in [0.2, 0.25) is 0 Å². The van der Waals surface area contributed by atoms with Crippen molar-refractivity contribution in [2.45, 2.75) is 77.0 Å². The minimum Gasteiger partial charge on any atom is -0.373 e. The van der Waals surface area contributed by atoms with E-state index < -0.39 is 8.24 Å². The number of rotatable bonds is 5. The highest BCUT2D eigenvalue weighted by atomic mass is 28.3. The van der Waals surface area contributed by atoms with E-state index in [0.29, 0.717) is 16.6 Å². The van der Waals surface area contributed by atoms with Gasteiger partial charge in [0.15, 0.2) is 8.24 Å². The third-order valence-corrected chi connectivity index (χ3v) is 14.6. The second-order valence-corrected chi connectivity index (χ2v) is 15.8. The summed E-state index contributed by atoms with van der Waals surface area (Å²) in [6.07, 6.45) is 5.17. The second kappa shape index (κ2) is 7.53. The minimum absolute atomic E-state index is 0.716. The average Bonchev–Trinajstić information content (AvgIpc) is 3.27. The van der Waals surface area contributed by atoms with E-state index in [1.165, 1.54) is 55.6 Å². The van der Waals surface area contributed by atoms with Crippen molar-refractivity contribution in [1.29, 1.82) is 0 Å². The Morgan fingerprint density at radius 3 is 2.29 bits per heavy atom. The monoisotopic (exact) mass is 397 g/mol. The third kappa shape index (κ3) is 3.04. The van der Waals surface area contributed by atoms with Crippen molar-refractivity contribution in [2.75, 3.05) is 31.1 Å². The lowest BCUT2D eigenvalue weighted by atomic mass is 10.1. The van der Waals surface area contributed by atoms with Gasteiger partial charge in [-0.1, -0.05) is 47.6 Å². The molecule has 28 heavy (non-hydrogen) atoms. The molecule has 154 valence electrons. The SMILES string of the molecule is CC(C)[Si](C(C)C)(C(C)C)n1ccc2ccc(N3CCN4CCCC4C3)cc21. The first-order chi connectivity index (χ1) is 13.4. The highest BCUT2D eigenvalue weighted by Gasteiger charge is 2.45. The number of aromatic nitrogens is 1. The zero-order valence-corrected chi connectivity index (χ0v) is 19.8. The number of anilines is 1. The van der Waals surface area contributed by atoms with E-state index in [1.807, 2.05) is 0 Å². The van der Waals surface area contributed by atoms with Gasteiger partial charge in [-0.2, -0.15) is 0 Å². The fraction of sp³-hybridized carbons (Fsp3) is 0.667. The first kappa shape index (κ1) is 20.0. The Morgan fingerprint density at radius 1 is 0.893 bits per heavy atom. The van der Waals surface area contributed by atoms with E-state index in [-0.39, 0.29) is 0 Å². The van der Waals surface area contributed by atoms with Gasteiger partial charge in [0.05, 0.1) is 0 Å². The second-order valence-electron chi connectivity index (χ2n) is 10.1. The highest BCUT2D eigenvalue weighted by molar-refractivity contribution is 6.82. The molecule has 1 aromatic carbocycles. The van der Waals surface area contributed by atoms with Crippen molar-refractivity contribution in [2.24, 2.45) is 0 Å². The van der Waals surface area contributed by atoms with Gasteiger partial charge >= 0.3 is 0 Å². The van der Waals surface area contributed by atoms with Crippen LogP contribution in [-0.2, 0) is 0 Å². The Hall–Kier alpha value is -1.26. The molecule has 4 heteroatoms. The van der Waals surface area contributed by atoms with Gasteiger partial charge in [-0.25, -0.2) is 0 Å². The molecule has 3 heterocycles. The number of nitrogens with zero attached hydrogens (tertiary/aromatic N) is 3. The van der Waals surface area contributed by atoms with Crippen LogP contribution in [-0.4, -0.2) is 49.6 Å². The highest BCUT2D eigenvalue weighted by Crippen LogP contribution is 2.44. The van der Waals surface area contributed by atoms with Crippen molar-refractivity contribution in [3.05, 3.63) is 30.5 Å². The number of hydrogen-bond acceptors (Lipinski definition) is 2. The molecule has 2 aliphatic heterocycles. The predicted octanol–water partition coefficient (Wildman–Crippen LogP) is 5.95. The Morgan fingerprint density at radius 2 is 1.61 bits per heavy atom. The minimum atomic E-state index is -1.72. The maximum atomic E-state index is 2.76. The van der Waals surface area contributed by atoms with Gasteiger partial charge in [0.1, 0.15) is 0 Å². The molecule has 0 amide bonds. The molecule has 0 aliphatic carbocycles. The average molecular weight is 398 g/mol. The van der Waals surface area contributed by atoms with Gasteiger partial charge in [-0.05, 0) is 65.8 Å². The molecule has 1 atom stereocenters. The van der Waals surface area contributed by atoms with Crippen LogP contribution in [0.4, 0.5) is 5.69 Å². The Bertz CT molecular complexity index is 801. The standard InChI is InChI=1S/C24H39N3Si/c1-18(2)28(19(3)4,20(5)6)27-13-11-21-9-10-22(16-24(21)27)26-15-14-25-12-7-8-23(25)17-26/h9-11,13,16,18-20,23H,7-8,12,14-15,17H2,1-6H3. The molecule has 4 rings (SSSR count). The zero-order chi connectivity index (χ0) is 20.1. The van der Waals surface area contributed by atoms with Crippen molar-refractivity contribution in [1.82, 2.24) is 9.13 Å². The summed E-state index contributed by atoms with van der Waals surface area (Å²) in [5, 5.41) is 1.40. The van der Waals surface area contributed by atoms with Gasteiger partial charge in [0.25, 0.3) is 0 Å². The fourth-order valence-corrected chi connectivity index (χ4v) is 13.3. The third-order valence-electron chi connectivity index (χ3n) is 7.82. The summed E-state index contributed by atoms with van der Waals surface area (Å²) in [7, 11) is -1.72. The summed E-state index contributed by atoms with van der Waals surface area (Å²) in [4.78, 5) is 5.35. The molecule has 2 fully saturated rings. The quantitative estimate of drug-likeness (QED) is 0.578. The number of hydrogen-bond donors (Lipinski definition) is 0. The Kier molecular flexibility index (Phi) is 5.39. The van der Waals surface area contributed by atoms with Crippen molar-refractivity contribution >= 4 is 24.8 Å². The maximum absolute atomic E-state index is 2.76. The molecule has 2 aliphatic rings. The molecule has 0 radical (unpaired) electrons. The van der Waals surface area contributed by atoms with Crippen LogP contribution in [0, 0.1) is 0 Å². The van der Waals surface area contributed by atoms with Crippen LogP contribution in [0.2, 0.25) is 16.6 Å². The first-order valence-electron chi connectivity index (χ1n) is 11.5. The summed E-state index contributed by atoms with van der Waals surface area (Å²) in [5.41, 5.74) is 5.05. The van der Waals surface area contributed by atoms with Gasteiger partial charge in [-0.3, -0.25) is 4.90 Å². The fourth-order valence-electron chi connectivity index (χ4n) is 6.71. The summed E-state index contributed by atoms with van der Waals surface area (Å²) in [6, 6.07) is 10.4. The van der Waals surface area contributed by atoms with E-state index >= 15 is 0 Å². The maximum Gasteiger partial charge on any atom is 0.169 e. The normalized spacial score (nSPS) is 21.5. The van der Waals surface area contributed by atoms with E-state index in [0.717, 1.165) is 6.04 Å². The molecule has 1 aromatic heterocycles. The van der Waals surface area contributed by atoms with Gasteiger partial charge in [0, 0.05) is 36.9 Å². The lowest BCUT2D eigenvalue weighted by Gasteiger charge is -2.44. The summed E-state index contributed by atoms with van der Waals surface area (Å²) in [6.45, 7) is 19.7. The number of benzene rings is 1. The molecule has 0 spiro atoms. The Balaban J connectivity index is 1.76. The lowest BCUT2D eigenvalue weighted by molar-refractivity contribution is 0.231. The smallest absolute Gasteiger partial charge is 0.169 e. The summed E-state index contributed by atoms with van der Waals surface area (Å²) in [5.74, 6) is 0. The van der Waals surface area contributed by atoms with Gasteiger partial charge < -0.3 is 9.13 Å². The molecule has 2 aromatic rings. The number of piperazine rings is 1. The van der Waals surface area contributed by atoms with Crippen LogP contribution in [0.5, 0.6) is 0 Å². The zero-order valence-electron chi connectivity index (χ0n) is 18.8. The first-order valence-corrected chi connectivity index (χ1v) is 13.6. The van der Waals surface area contributed by atoms with E-state index in [2.05, 4.69) is 86.0 Å². The largest absolute Gasteiger partial charge is 0.373 e. The van der Waals surface area contributed by atoms with E-state index in [9.17, 15) is 0 Å². The van der Waals surface area contributed by atoms with Crippen LogP contribution in [0.3, 0.4) is 0 Å². The lowest BCUT2D eigenvalue weighted by Crippen LogP contribution is -2.51. The van der Waals surface area contributed by atoms with Gasteiger partial charge in [-0.15, -0.1) is 0 Å². The molecule has 0 N–H and O–H groups in total. The molecule has 1 unspecified atom stereocenters. The van der Waals surface area contributed by atoms with Crippen LogP contribution in [0.15, 0.2) is 30.5 Å². The molecule has 0 bridgehead atoms. The van der Waals surface area contributed by atoms with Crippen molar-refractivity contribution in [3.63, 3.8) is 0 Å².